The van der Waals surface area contributed by atoms with Gasteiger partial charge < -0.3 is 14.5 Å². The van der Waals surface area contributed by atoms with E-state index in [2.05, 4.69) is 15.0 Å². The number of nitrogens with zero attached hydrogens (tertiary/aromatic N) is 3. The van der Waals surface area contributed by atoms with Crippen molar-refractivity contribution in [2.24, 2.45) is 5.41 Å². The molecule has 2 fully saturated rings. The van der Waals surface area contributed by atoms with E-state index in [9.17, 15) is 9.90 Å². The first-order chi connectivity index (χ1) is 9.59. The highest BCUT2D eigenvalue weighted by molar-refractivity contribution is 5.76. The highest BCUT2D eigenvalue weighted by atomic mass is 16.5. The topological polar surface area (TPSA) is 79.5 Å². The van der Waals surface area contributed by atoms with E-state index in [1.807, 2.05) is 6.92 Å². The Morgan fingerprint density at radius 2 is 2.15 bits per heavy atom. The highest BCUT2D eigenvalue weighted by Gasteiger charge is 2.45. The van der Waals surface area contributed by atoms with Crippen LogP contribution in [0.4, 0.5) is 0 Å². The van der Waals surface area contributed by atoms with Gasteiger partial charge in [0.05, 0.1) is 5.41 Å². The van der Waals surface area contributed by atoms with Crippen LogP contribution < -0.4 is 0 Å². The summed E-state index contributed by atoms with van der Waals surface area (Å²) >= 11 is 0. The summed E-state index contributed by atoms with van der Waals surface area (Å²) in [7, 11) is 0. The van der Waals surface area contributed by atoms with Crippen LogP contribution in [0.2, 0.25) is 0 Å². The van der Waals surface area contributed by atoms with Gasteiger partial charge in [-0.3, -0.25) is 4.79 Å². The minimum Gasteiger partial charge on any atom is -0.481 e. The van der Waals surface area contributed by atoms with E-state index in [4.69, 9.17) is 4.52 Å². The predicted octanol–water partition coefficient (Wildman–Crippen LogP) is 1.81. The summed E-state index contributed by atoms with van der Waals surface area (Å²) in [5, 5.41) is 13.2. The Bertz CT molecular complexity index is 488. The summed E-state index contributed by atoms with van der Waals surface area (Å²) in [6.45, 7) is 4.36. The molecule has 1 aromatic heterocycles. The van der Waals surface area contributed by atoms with Crippen molar-refractivity contribution in [2.45, 2.75) is 44.9 Å². The average molecular weight is 279 g/mol. The van der Waals surface area contributed by atoms with Gasteiger partial charge in [-0.1, -0.05) is 11.6 Å². The molecule has 0 spiro atoms. The van der Waals surface area contributed by atoms with Crippen LogP contribution in [0.5, 0.6) is 0 Å². The quantitative estimate of drug-likeness (QED) is 0.905. The van der Waals surface area contributed by atoms with Crippen molar-refractivity contribution in [3.8, 4) is 0 Å². The van der Waals surface area contributed by atoms with Crippen LogP contribution in [-0.4, -0.2) is 45.8 Å². The van der Waals surface area contributed by atoms with Crippen molar-refractivity contribution in [1.82, 2.24) is 15.0 Å². The molecule has 110 valence electrons. The molecule has 3 rings (SSSR count). The molecule has 0 atom stereocenters. The van der Waals surface area contributed by atoms with Crippen molar-refractivity contribution in [1.29, 1.82) is 0 Å². The van der Waals surface area contributed by atoms with Gasteiger partial charge in [0, 0.05) is 12.5 Å². The molecule has 1 saturated heterocycles. The summed E-state index contributed by atoms with van der Waals surface area (Å²) in [5.41, 5.74) is -0.478. The molecule has 1 saturated carbocycles. The molecule has 1 aromatic rings. The lowest BCUT2D eigenvalue weighted by Crippen LogP contribution is -2.49. The number of rotatable bonds is 4. The van der Waals surface area contributed by atoms with Crippen LogP contribution in [0.15, 0.2) is 4.52 Å². The maximum Gasteiger partial charge on any atom is 0.310 e. The Balaban J connectivity index is 1.55. The first kappa shape index (κ1) is 13.5. The van der Waals surface area contributed by atoms with Gasteiger partial charge in [-0.25, -0.2) is 0 Å². The summed E-state index contributed by atoms with van der Waals surface area (Å²) in [5.74, 6) is 1.12. The monoisotopic (exact) mass is 279 g/mol. The number of carboxylic acids is 1. The van der Waals surface area contributed by atoms with Crippen LogP contribution >= 0.6 is 0 Å². The predicted molar refractivity (Wildman–Crippen MR) is 71.4 cm³/mol. The van der Waals surface area contributed by atoms with E-state index in [1.165, 1.54) is 0 Å². The molecule has 1 aliphatic heterocycles. The van der Waals surface area contributed by atoms with Crippen molar-refractivity contribution in [3.63, 3.8) is 0 Å². The van der Waals surface area contributed by atoms with E-state index < -0.39 is 11.4 Å². The fourth-order valence-corrected chi connectivity index (χ4v) is 3.29. The van der Waals surface area contributed by atoms with E-state index in [0.29, 0.717) is 18.3 Å². The molecule has 6 heteroatoms. The number of carboxylic acid groups (broad SMARTS) is 1. The summed E-state index contributed by atoms with van der Waals surface area (Å²) in [6, 6.07) is 0. The minimum absolute atomic E-state index is 0.328. The minimum atomic E-state index is -0.626. The number of aromatic nitrogens is 2. The fraction of sp³-hybridized carbons (Fsp3) is 0.786. The van der Waals surface area contributed by atoms with Crippen LogP contribution in [0.25, 0.3) is 0 Å². The summed E-state index contributed by atoms with van der Waals surface area (Å²) in [4.78, 5) is 18.0. The SMILES string of the molecule is Cc1noc(C2CCN(CC3(C(=O)O)CCC3)CC2)n1. The van der Waals surface area contributed by atoms with Crippen LogP contribution in [0, 0.1) is 12.3 Å². The second-order valence-corrected chi connectivity index (χ2v) is 6.17. The molecule has 1 aliphatic carbocycles. The molecule has 0 bridgehead atoms. The second-order valence-electron chi connectivity index (χ2n) is 6.17. The number of aliphatic carboxylic acids is 1. The number of hydrogen-bond acceptors (Lipinski definition) is 5. The standard InChI is InChI=1S/C14H21N3O3/c1-10-15-12(20-16-10)11-3-7-17(8-4-11)9-14(13(18)19)5-2-6-14/h11H,2-9H2,1H3,(H,18,19). The van der Waals surface area contributed by atoms with Crippen molar-refractivity contribution in [2.75, 3.05) is 19.6 Å². The van der Waals surface area contributed by atoms with Gasteiger partial charge in [-0.05, 0) is 45.7 Å². The highest BCUT2D eigenvalue weighted by Crippen LogP contribution is 2.42. The Morgan fingerprint density at radius 1 is 1.45 bits per heavy atom. The maximum absolute atomic E-state index is 11.4. The van der Waals surface area contributed by atoms with Gasteiger partial charge in [0.25, 0.3) is 0 Å². The second kappa shape index (κ2) is 5.16. The molecule has 6 nitrogen and oxygen atoms in total. The Labute approximate surface area is 118 Å². The number of piperidine rings is 1. The molecule has 0 unspecified atom stereocenters. The molecule has 20 heavy (non-hydrogen) atoms. The van der Waals surface area contributed by atoms with Crippen LogP contribution in [-0.2, 0) is 4.79 Å². The van der Waals surface area contributed by atoms with Crippen molar-refractivity contribution >= 4 is 5.97 Å². The van der Waals surface area contributed by atoms with Gasteiger partial charge in [-0.15, -0.1) is 0 Å². The Morgan fingerprint density at radius 3 is 2.60 bits per heavy atom. The van der Waals surface area contributed by atoms with E-state index in [-0.39, 0.29) is 0 Å². The molecule has 2 heterocycles. The molecule has 0 radical (unpaired) electrons. The third-order valence-corrected chi connectivity index (χ3v) is 4.77. The van der Waals surface area contributed by atoms with E-state index in [0.717, 1.165) is 51.1 Å². The Hall–Kier alpha value is -1.43. The third-order valence-electron chi connectivity index (χ3n) is 4.77. The number of aryl methyl sites for hydroxylation is 1. The van der Waals surface area contributed by atoms with Gasteiger partial charge in [-0.2, -0.15) is 4.98 Å². The molecule has 0 amide bonds. The molecule has 2 aliphatic rings. The first-order valence-electron chi connectivity index (χ1n) is 7.35. The summed E-state index contributed by atoms with van der Waals surface area (Å²) < 4.78 is 5.24. The molecule has 0 aromatic carbocycles. The lowest BCUT2D eigenvalue weighted by Gasteiger charge is -2.43. The normalized spacial score (nSPS) is 23.4. The lowest BCUT2D eigenvalue weighted by molar-refractivity contribution is -0.156. The largest absolute Gasteiger partial charge is 0.481 e. The molecular weight excluding hydrogens is 258 g/mol. The van der Waals surface area contributed by atoms with Crippen molar-refractivity contribution < 1.29 is 14.4 Å². The zero-order chi connectivity index (χ0) is 14.2. The van der Waals surface area contributed by atoms with Gasteiger partial charge in [0.15, 0.2) is 5.82 Å². The van der Waals surface area contributed by atoms with Gasteiger partial charge in [0.1, 0.15) is 0 Å². The first-order valence-corrected chi connectivity index (χ1v) is 7.35. The lowest BCUT2D eigenvalue weighted by atomic mass is 9.68. The van der Waals surface area contributed by atoms with E-state index in [1.54, 1.807) is 0 Å². The number of carbonyl (C=O) groups is 1. The third kappa shape index (κ3) is 2.44. The Kier molecular flexibility index (Phi) is 3.50. The summed E-state index contributed by atoms with van der Waals surface area (Å²) in [6.07, 6.45) is 4.63. The molecular formula is C14H21N3O3. The number of hydrogen-bond donors (Lipinski definition) is 1. The van der Waals surface area contributed by atoms with E-state index >= 15 is 0 Å². The zero-order valence-electron chi connectivity index (χ0n) is 11.8. The zero-order valence-corrected chi connectivity index (χ0v) is 11.8. The smallest absolute Gasteiger partial charge is 0.310 e. The van der Waals surface area contributed by atoms with Gasteiger partial charge in [0.2, 0.25) is 5.89 Å². The number of likely N-dealkylation sites (tertiary alicyclic amines) is 1. The maximum atomic E-state index is 11.4. The average Bonchev–Trinajstić information content (AvgIpc) is 2.81. The van der Waals surface area contributed by atoms with Crippen molar-refractivity contribution in [3.05, 3.63) is 11.7 Å². The fourth-order valence-electron chi connectivity index (χ4n) is 3.29. The molecule has 1 N–H and O–H groups in total. The van der Waals surface area contributed by atoms with Crippen LogP contribution in [0.3, 0.4) is 0 Å². The van der Waals surface area contributed by atoms with Crippen LogP contribution in [0.1, 0.15) is 49.7 Å². The van der Waals surface area contributed by atoms with Gasteiger partial charge >= 0.3 is 5.97 Å².